The van der Waals surface area contributed by atoms with Gasteiger partial charge in [0.25, 0.3) is 0 Å². The highest BCUT2D eigenvalue weighted by molar-refractivity contribution is 7.96. The molecule has 0 saturated carbocycles. The minimum Gasteiger partial charge on any atom is -0.287 e. The predicted molar refractivity (Wildman–Crippen MR) is 181 cm³/mol. The van der Waals surface area contributed by atoms with Crippen LogP contribution in [-0.2, 0) is 0 Å². The largest absolute Gasteiger partial charge is 0.287 e. The molecule has 0 aliphatic heterocycles. The topological polar surface area (TPSA) is 41.8 Å². The second-order valence-electron chi connectivity index (χ2n) is 10.0. The summed E-state index contributed by atoms with van der Waals surface area (Å²) in [6.45, 7) is 6.20. The second kappa shape index (κ2) is 13.8. The van der Waals surface area contributed by atoms with Gasteiger partial charge < -0.3 is 0 Å². The Kier molecular flexibility index (Phi) is 9.44. The van der Waals surface area contributed by atoms with Crippen molar-refractivity contribution in [3.63, 3.8) is 0 Å². The van der Waals surface area contributed by atoms with Gasteiger partial charge in [-0.3, -0.25) is 4.79 Å². The first-order valence-electron chi connectivity index (χ1n) is 14.1. The summed E-state index contributed by atoms with van der Waals surface area (Å²) in [5, 5.41) is 13.4. The molecule has 0 amide bonds. The molecule has 5 rings (SSSR count). The van der Waals surface area contributed by atoms with Crippen LogP contribution in [0, 0.1) is 0 Å². The lowest BCUT2D eigenvalue weighted by atomic mass is 10.0. The number of hydrogen-bond donors (Lipinski definition) is 0. The van der Waals surface area contributed by atoms with Gasteiger partial charge in [0.05, 0.1) is 5.71 Å². The third kappa shape index (κ3) is 5.98. The molecule has 1 atom stereocenters. The normalized spacial score (nSPS) is 12.9. The molecule has 0 bridgehead atoms. The highest BCUT2D eigenvalue weighted by Crippen LogP contribution is 2.61. The van der Waals surface area contributed by atoms with E-state index in [0.29, 0.717) is 17.7 Å². The fourth-order valence-corrected chi connectivity index (χ4v) is 10.5. The lowest BCUT2D eigenvalue weighted by Crippen LogP contribution is -2.41. The van der Waals surface area contributed by atoms with E-state index in [9.17, 15) is 4.79 Å². The van der Waals surface area contributed by atoms with Crippen LogP contribution in [0.1, 0.15) is 29.3 Å². The highest BCUT2D eigenvalue weighted by atomic mass is 31.2. The minimum atomic E-state index is -2.31. The lowest BCUT2D eigenvalue weighted by Gasteiger charge is -2.34. The summed E-state index contributed by atoms with van der Waals surface area (Å²) in [5.74, 6) is -0.158. The summed E-state index contributed by atoms with van der Waals surface area (Å²) in [6.07, 6.45) is 2.68. The summed E-state index contributed by atoms with van der Waals surface area (Å²) in [5.41, 5.74) is 2.46. The Morgan fingerprint density at radius 3 is 1.40 bits per heavy atom. The Balaban J connectivity index is 1.74. The van der Waals surface area contributed by atoms with Gasteiger partial charge in [-0.15, -0.1) is 11.7 Å². The average Bonchev–Trinajstić information content (AvgIpc) is 3.07. The van der Waals surface area contributed by atoms with Gasteiger partial charge in [-0.1, -0.05) is 121 Å². The Hall–Kier alpha value is -4.72. The van der Waals surface area contributed by atoms with E-state index < -0.39 is 7.26 Å². The molecule has 4 heteroatoms. The Bertz CT molecular complexity index is 1570. The zero-order chi connectivity index (χ0) is 29.2. The number of Topliss-reactive ketones (excluding diaryl/α,β-unsaturated/α-hetero) is 1. The van der Waals surface area contributed by atoms with Gasteiger partial charge in [0, 0.05) is 17.5 Å². The van der Waals surface area contributed by atoms with Crippen molar-refractivity contribution in [2.24, 2.45) is 10.2 Å². The molecule has 206 valence electrons. The molecule has 0 aromatic heterocycles. The maximum absolute atomic E-state index is 13.7. The van der Waals surface area contributed by atoms with Gasteiger partial charge in [-0.2, -0.15) is 5.10 Å². The minimum absolute atomic E-state index is 0.0326. The quantitative estimate of drug-likeness (QED) is 0.0533. The fourth-order valence-electron chi connectivity index (χ4n) is 5.50. The standard InChI is InChI=1S/C38H34N2OP/c1-3-19-36(30(2)39-40-37(31-20-9-4-10-21-31)38(41)32-22-11-5-12-23-32)42(33-24-13-6-14-25-33,34-26-15-7-16-27-34)35-28-17-8-18-29-35/h3-18,20-29,36H,1,19H2,2H3/q+1/b39-30-,40-37-. The number of allylic oxidation sites excluding steroid dienone is 1. The van der Waals surface area contributed by atoms with Crippen LogP contribution in [0.3, 0.4) is 0 Å². The first kappa shape index (κ1) is 28.8. The summed E-state index contributed by atoms with van der Waals surface area (Å²) in [6, 6.07) is 51.0. The zero-order valence-electron chi connectivity index (χ0n) is 23.8. The molecule has 1 unspecified atom stereocenters. The van der Waals surface area contributed by atoms with E-state index in [1.54, 1.807) is 0 Å². The Morgan fingerprint density at radius 2 is 1.00 bits per heavy atom. The van der Waals surface area contributed by atoms with Crippen molar-refractivity contribution in [2.75, 3.05) is 0 Å². The first-order valence-corrected chi connectivity index (χ1v) is 16.0. The first-order chi connectivity index (χ1) is 20.7. The monoisotopic (exact) mass is 565 g/mol. The van der Waals surface area contributed by atoms with Gasteiger partial charge in [-0.05, 0) is 43.3 Å². The number of nitrogens with zero attached hydrogens (tertiary/aromatic N) is 2. The van der Waals surface area contributed by atoms with Crippen molar-refractivity contribution >= 4 is 40.4 Å². The number of carbonyl (C=O) groups is 1. The Morgan fingerprint density at radius 1 is 0.619 bits per heavy atom. The van der Waals surface area contributed by atoms with Crippen LogP contribution in [0.5, 0.6) is 0 Å². The van der Waals surface area contributed by atoms with Crippen LogP contribution in [0.25, 0.3) is 0 Å². The molecule has 0 aliphatic carbocycles. The molecule has 5 aromatic rings. The van der Waals surface area contributed by atoms with Gasteiger partial charge in [0.1, 0.15) is 34.5 Å². The summed E-state index contributed by atoms with van der Waals surface area (Å²) < 4.78 is 0. The molecule has 42 heavy (non-hydrogen) atoms. The van der Waals surface area contributed by atoms with Crippen LogP contribution < -0.4 is 15.9 Å². The van der Waals surface area contributed by atoms with E-state index in [1.807, 2.05) is 73.7 Å². The summed E-state index contributed by atoms with van der Waals surface area (Å²) >= 11 is 0. The van der Waals surface area contributed by atoms with E-state index in [0.717, 1.165) is 11.3 Å². The Labute approximate surface area is 249 Å². The van der Waals surface area contributed by atoms with E-state index in [2.05, 4.69) is 97.6 Å². The van der Waals surface area contributed by atoms with E-state index in [4.69, 9.17) is 10.2 Å². The lowest BCUT2D eigenvalue weighted by molar-refractivity contribution is 0.106. The van der Waals surface area contributed by atoms with Crippen molar-refractivity contribution in [3.05, 3.63) is 175 Å². The van der Waals surface area contributed by atoms with Crippen molar-refractivity contribution in [2.45, 2.75) is 19.0 Å². The van der Waals surface area contributed by atoms with Crippen LogP contribution in [0.15, 0.2) is 175 Å². The SMILES string of the molecule is C=CCC(/C(C)=N\N=C(/C(=O)c1ccccc1)c1ccccc1)[P+](c1ccccc1)(c1ccccc1)c1ccccc1. The fraction of sp³-hybridized carbons (Fsp3) is 0.0789. The maximum Gasteiger partial charge on any atom is 0.213 e. The van der Waals surface area contributed by atoms with Gasteiger partial charge in [-0.25, -0.2) is 0 Å². The van der Waals surface area contributed by atoms with Crippen molar-refractivity contribution < 1.29 is 4.79 Å². The number of carbonyl (C=O) groups excluding carboxylic acids is 1. The van der Waals surface area contributed by atoms with Gasteiger partial charge in [0.2, 0.25) is 5.78 Å². The van der Waals surface area contributed by atoms with Crippen molar-refractivity contribution in [1.82, 2.24) is 0 Å². The number of benzene rings is 5. The smallest absolute Gasteiger partial charge is 0.213 e. The third-order valence-corrected chi connectivity index (χ3v) is 12.3. The molecule has 0 aliphatic rings. The van der Waals surface area contributed by atoms with E-state index in [-0.39, 0.29) is 11.4 Å². The van der Waals surface area contributed by atoms with Gasteiger partial charge >= 0.3 is 0 Å². The molecular weight excluding hydrogens is 531 g/mol. The summed E-state index contributed by atoms with van der Waals surface area (Å²) in [7, 11) is -2.31. The third-order valence-electron chi connectivity index (χ3n) is 7.44. The molecular formula is C38H34N2OP+. The molecule has 3 nitrogen and oxygen atoms in total. The zero-order valence-corrected chi connectivity index (χ0v) is 24.6. The average molecular weight is 566 g/mol. The van der Waals surface area contributed by atoms with Crippen LogP contribution in [0.4, 0.5) is 0 Å². The van der Waals surface area contributed by atoms with Crippen LogP contribution in [0.2, 0.25) is 0 Å². The molecule has 0 spiro atoms. The van der Waals surface area contributed by atoms with Crippen molar-refractivity contribution in [1.29, 1.82) is 0 Å². The maximum atomic E-state index is 13.7. The number of rotatable bonds is 11. The molecule has 0 heterocycles. The second-order valence-corrected chi connectivity index (χ2v) is 13.6. The van der Waals surface area contributed by atoms with E-state index >= 15 is 0 Å². The predicted octanol–water partition coefficient (Wildman–Crippen LogP) is 7.67. The molecule has 0 fully saturated rings. The van der Waals surface area contributed by atoms with Crippen LogP contribution in [-0.4, -0.2) is 22.9 Å². The van der Waals surface area contributed by atoms with Crippen LogP contribution >= 0.6 is 7.26 Å². The van der Waals surface area contributed by atoms with E-state index in [1.165, 1.54) is 15.9 Å². The number of hydrogen-bond acceptors (Lipinski definition) is 3. The molecule has 0 N–H and O–H groups in total. The molecule has 5 aromatic carbocycles. The van der Waals surface area contributed by atoms with Crippen molar-refractivity contribution in [3.8, 4) is 0 Å². The molecule has 0 radical (unpaired) electrons. The summed E-state index contributed by atoms with van der Waals surface area (Å²) in [4.78, 5) is 13.7. The number of ketones is 1. The van der Waals surface area contributed by atoms with Gasteiger partial charge in [0.15, 0.2) is 0 Å². The molecule has 0 saturated heterocycles. The highest BCUT2D eigenvalue weighted by Gasteiger charge is 2.53.